The van der Waals surface area contributed by atoms with Crippen LogP contribution >= 0.6 is 0 Å². The predicted molar refractivity (Wildman–Crippen MR) is 72.8 cm³/mol. The predicted octanol–water partition coefficient (Wildman–Crippen LogP) is -0.204. The van der Waals surface area contributed by atoms with Gasteiger partial charge in [-0.2, -0.15) is 0 Å². The van der Waals surface area contributed by atoms with E-state index in [0.717, 1.165) is 38.6 Å². The molecule has 1 amide bonds. The second-order valence-electron chi connectivity index (χ2n) is 6.15. The van der Waals surface area contributed by atoms with E-state index in [0.29, 0.717) is 13.0 Å². The van der Waals surface area contributed by atoms with Gasteiger partial charge in [0.05, 0.1) is 12.1 Å². The zero-order valence-electron chi connectivity index (χ0n) is 11.6. The Bertz CT molecular complexity index is 333. The van der Waals surface area contributed by atoms with Crippen molar-refractivity contribution in [1.29, 1.82) is 0 Å². The normalized spacial score (nSPS) is 34.1. The van der Waals surface area contributed by atoms with Crippen LogP contribution < -0.4 is 5.32 Å². The van der Waals surface area contributed by atoms with E-state index >= 15 is 0 Å². The molecule has 0 aromatic heterocycles. The molecule has 1 saturated carbocycles. The van der Waals surface area contributed by atoms with Crippen molar-refractivity contribution >= 4 is 5.91 Å². The lowest BCUT2D eigenvalue weighted by molar-refractivity contribution is -0.133. The number of aliphatic hydroxyl groups excluding tert-OH is 1. The minimum Gasteiger partial charge on any atom is -0.392 e. The molecule has 2 atom stereocenters. The minimum absolute atomic E-state index is 0.162. The molecule has 0 unspecified atom stereocenters. The molecule has 5 nitrogen and oxygen atoms in total. The van der Waals surface area contributed by atoms with Crippen LogP contribution in [0.5, 0.6) is 0 Å². The topological polar surface area (TPSA) is 55.8 Å². The third kappa shape index (κ3) is 2.93. The lowest BCUT2D eigenvalue weighted by Gasteiger charge is -2.36. The highest BCUT2D eigenvalue weighted by Gasteiger charge is 2.33. The van der Waals surface area contributed by atoms with Crippen molar-refractivity contribution in [2.75, 3.05) is 32.7 Å². The number of amides is 1. The fourth-order valence-electron chi connectivity index (χ4n) is 3.40. The number of nitrogens with one attached hydrogen (secondary N) is 1. The lowest BCUT2D eigenvalue weighted by Crippen LogP contribution is -2.46. The zero-order valence-corrected chi connectivity index (χ0v) is 11.6. The quantitative estimate of drug-likeness (QED) is 0.727. The molecule has 2 saturated heterocycles. The van der Waals surface area contributed by atoms with Crippen LogP contribution in [-0.4, -0.2) is 71.7 Å². The number of β-amino-alcohol motifs (C(OH)–C–C–N with tert-alkyl or cyclic N) is 1. The summed E-state index contributed by atoms with van der Waals surface area (Å²) in [6, 6.07) is 0.617. The number of carbonyl (C=O) groups is 1. The summed E-state index contributed by atoms with van der Waals surface area (Å²) in [5, 5.41) is 12.6. The number of hydrogen-bond donors (Lipinski definition) is 2. The van der Waals surface area contributed by atoms with Gasteiger partial charge >= 0.3 is 0 Å². The van der Waals surface area contributed by atoms with E-state index in [1.165, 1.54) is 19.3 Å². The van der Waals surface area contributed by atoms with Gasteiger partial charge in [0.1, 0.15) is 0 Å². The van der Waals surface area contributed by atoms with Gasteiger partial charge in [-0.25, -0.2) is 0 Å². The highest BCUT2D eigenvalue weighted by atomic mass is 16.3. The maximum Gasteiger partial charge on any atom is 0.239 e. The first kappa shape index (κ1) is 13.3. The van der Waals surface area contributed by atoms with E-state index in [-0.39, 0.29) is 18.1 Å². The third-order valence-electron chi connectivity index (χ3n) is 4.84. The monoisotopic (exact) mass is 267 g/mol. The smallest absolute Gasteiger partial charge is 0.239 e. The van der Waals surface area contributed by atoms with Crippen molar-refractivity contribution < 1.29 is 9.90 Å². The van der Waals surface area contributed by atoms with Crippen LogP contribution in [0.1, 0.15) is 32.1 Å². The van der Waals surface area contributed by atoms with Gasteiger partial charge in [-0.1, -0.05) is 6.42 Å². The Hall–Kier alpha value is -0.650. The average Bonchev–Trinajstić information content (AvgIpc) is 2.62. The van der Waals surface area contributed by atoms with E-state index in [1.54, 1.807) is 0 Å². The van der Waals surface area contributed by atoms with E-state index in [1.807, 2.05) is 4.90 Å². The highest BCUT2D eigenvalue weighted by Crippen LogP contribution is 2.25. The zero-order chi connectivity index (χ0) is 13.2. The van der Waals surface area contributed by atoms with Gasteiger partial charge in [-0.3, -0.25) is 9.69 Å². The molecule has 0 aromatic rings. The molecule has 3 aliphatic rings. The average molecular weight is 267 g/mol. The van der Waals surface area contributed by atoms with E-state index in [9.17, 15) is 9.90 Å². The summed E-state index contributed by atoms with van der Waals surface area (Å²) in [4.78, 5) is 17.0. The molecule has 0 radical (unpaired) electrons. The molecule has 19 heavy (non-hydrogen) atoms. The molecule has 5 heteroatoms. The van der Waals surface area contributed by atoms with E-state index in [2.05, 4.69) is 10.2 Å². The summed E-state index contributed by atoms with van der Waals surface area (Å²) < 4.78 is 0. The van der Waals surface area contributed by atoms with Gasteiger partial charge in [0.25, 0.3) is 0 Å². The van der Waals surface area contributed by atoms with Crippen molar-refractivity contribution in [3.05, 3.63) is 0 Å². The largest absolute Gasteiger partial charge is 0.392 e. The Morgan fingerprint density at radius 1 is 1.11 bits per heavy atom. The molecular formula is C14H25N3O2. The summed E-state index contributed by atoms with van der Waals surface area (Å²) in [5.74, 6) is 0.187. The Morgan fingerprint density at radius 2 is 1.95 bits per heavy atom. The molecule has 0 aromatic carbocycles. The van der Waals surface area contributed by atoms with Crippen molar-refractivity contribution in [1.82, 2.24) is 15.1 Å². The van der Waals surface area contributed by atoms with E-state index in [4.69, 9.17) is 0 Å². The summed E-state index contributed by atoms with van der Waals surface area (Å²) in [6.07, 6.45) is 5.34. The van der Waals surface area contributed by atoms with E-state index < -0.39 is 0 Å². The first-order valence-corrected chi connectivity index (χ1v) is 7.68. The Kier molecular flexibility index (Phi) is 4.05. The highest BCUT2D eigenvalue weighted by molar-refractivity contribution is 5.82. The molecule has 2 N–H and O–H groups in total. The van der Waals surface area contributed by atoms with Crippen LogP contribution in [0.4, 0.5) is 0 Å². The summed E-state index contributed by atoms with van der Waals surface area (Å²) in [6.45, 7) is 4.43. The molecule has 2 heterocycles. The summed E-state index contributed by atoms with van der Waals surface area (Å²) in [5.41, 5.74) is 0. The molecular weight excluding hydrogens is 242 g/mol. The second-order valence-corrected chi connectivity index (χ2v) is 6.15. The number of hydrogen-bond acceptors (Lipinski definition) is 4. The molecule has 3 rings (SSSR count). The second kappa shape index (κ2) is 5.77. The van der Waals surface area contributed by atoms with Crippen LogP contribution in [-0.2, 0) is 4.79 Å². The maximum atomic E-state index is 12.4. The van der Waals surface area contributed by atoms with Gasteiger partial charge < -0.3 is 15.3 Å². The number of aliphatic hydroxyl groups is 1. The van der Waals surface area contributed by atoms with Crippen LogP contribution in [0.15, 0.2) is 0 Å². The first-order chi connectivity index (χ1) is 9.24. The fourth-order valence-corrected chi connectivity index (χ4v) is 3.40. The molecule has 0 bridgehead atoms. The SMILES string of the molecule is O=C([C@H]1C[C@H](O)CN1)N1CCCN(C2CCC2)CC1. The van der Waals surface area contributed by atoms with Gasteiger partial charge in [0, 0.05) is 38.8 Å². The van der Waals surface area contributed by atoms with Crippen molar-refractivity contribution in [2.45, 2.75) is 50.3 Å². The Balaban J connectivity index is 1.52. The lowest BCUT2D eigenvalue weighted by atomic mass is 9.91. The first-order valence-electron chi connectivity index (χ1n) is 7.68. The molecule has 0 spiro atoms. The van der Waals surface area contributed by atoms with Gasteiger partial charge in [-0.05, 0) is 25.7 Å². The molecule has 108 valence electrons. The Morgan fingerprint density at radius 3 is 2.58 bits per heavy atom. The summed E-state index contributed by atoms with van der Waals surface area (Å²) >= 11 is 0. The van der Waals surface area contributed by atoms with Gasteiger partial charge in [0.15, 0.2) is 0 Å². The number of carbonyl (C=O) groups excluding carboxylic acids is 1. The maximum absolute atomic E-state index is 12.4. The van der Waals surface area contributed by atoms with Crippen molar-refractivity contribution in [2.24, 2.45) is 0 Å². The van der Waals surface area contributed by atoms with Gasteiger partial charge in [-0.15, -0.1) is 0 Å². The van der Waals surface area contributed by atoms with Gasteiger partial charge in [0.2, 0.25) is 5.91 Å². The van der Waals surface area contributed by atoms with Crippen molar-refractivity contribution in [3.8, 4) is 0 Å². The van der Waals surface area contributed by atoms with Crippen LogP contribution in [0.25, 0.3) is 0 Å². The minimum atomic E-state index is -0.354. The van der Waals surface area contributed by atoms with Crippen molar-refractivity contribution in [3.63, 3.8) is 0 Å². The summed E-state index contributed by atoms with van der Waals surface area (Å²) in [7, 11) is 0. The number of nitrogens with zero attached hydrogens (tertiary/aromatic N) is 2. The fraction of sp³-hybridized carbons (Fsp3) is 0.929. The Labute approximate surface area is 114 Å². The van der Waals surface area contributed by atoms with Crippen LogP contribution in [0.2, 0.25) is 0 Å². The van der Waals surface area contributed by atoms with Crippen LogP contribution in [0.3, 0.4) is 0 Å². The molecule has 2 aliphatic heterocycles. The van der Waals surface area contributed by atoms with Crippen LogP contribution in [0, 0.1) is 0 Å². The third-order valence-corrected chi connectivity index (χ3v) is 4.84. The number of rotatable bonds is 2. The standard InChI is InChI=1S/C14H25N3O2/c18-12-9-13(15-10-12)14(19)17-6-2-5-16(7-8-17)11-3-1-4-11/h11-13,15,18H,1-10H2/t12-,13+/m0/s1. The molecule has 1 aliphatic carbocycles. The molecule has 3 fully saturated rings.